The molecule has 0 aromatic carbocycles. The van der Waals surface area contributed by atoms with Gasteiger partial charge in [-0.1, -0.05) is 0 Å². The van der Waals surface area contributed by atoms with E-state index in [1.807, 2.05) is 0 Å². The number of hydrogen-bond acceptors (Lipinski definition) is 21. The van der Waals surface area contributed by atoms with Crippen LogP contribution in [0.4, 0.5) is 0 Å². The van der Waals surface area contributed by atoms with Gasteiger partial charge in [-0.05, 0) is 80.6 Å². The van der Waals surface area contributed by atoms with Crippen molar-refractivity contribution in [3.63, 3.8) is 0 Å². The van der Waals surface area contributed by atoms with E-state index in [4.69, 9.17) is 10.5 Å². The zero-order chi connectivity index (χ0) is 15.4. The first-order chi connectivity index (χ1) is 10.4. The molecule has 0 saturated carbocycles. The zero-order valence-corrected chi connectivity index (χ0v) is 8.65. The van der Waals surface area contributed by atoms with Crippen LogP contribution in [-0.4, -0.2) is 10.5 Å². The van der Waals surface area contributed by atoms with Crippen LogP contribution in [-0.2, 0) is 95.7 Å². The Labute approximate surface area is 108 Å². The molecule has 21 nitrogen and oxygen atoms in total. The summed E-state index contributed by atoms with van der Waals surface area (Å²) < 4.78 is 0. The van der Waals surface area contributed by atoms with E-state index < -0.39 is 0 Å². The summed E-state index contributed by atoms with van der Waals surface area (Å²) in [6.07, 6.45) is 0. The average Bonchev–Trinajstić information content (AvgIpc) is 2.50. The summed E-state index contributed by atoms with van der Waals surface area (Å²) in [6.45, 7) is 0. The predicted octanol–water partition coefficient (Wildman–Crippen LogP) is -1.28. The van der Waals surface area contributed by atoms with Gasteiger partial charge in [0.05, 0.1) is 0 Å². The molecule has 0 bridgehead atoms. The Balaban J connectivity index is 2.90. The highest BCUT2D eigenvalue weighted by molar-refractivity contribution is 3.08. The summed E-state index contributed by atoms with van der Waals surface area (Å²) in [6, 6.07) is 0. The van der Waals surface area contributed by atoms with Crippen molar-refractivity contribution in [1.29, 1.82) is 0 Å². The normalized spacial score (nSPS) is 11.1. The van der Waals surface area contributed by atoms with Gasteiger partial charge < -0.3 is 0 Å². The van der Waals surface area contributed by atoms with Crippen LogP contribution < -0.4 is 0 Å². The van der Waals surface area contributed by atoms with Gasteiger partial charge in [-0.3, -0.25) is 0 Å². The van der Waals surface area contributed by atoms with E-state index >= 15 is 0 Å². The summed E-state index contributed by atoms with van der Waals surface area (Å²) in [5, 5.41) is 78.5. The fourth-order valence-corrected chi connectivity index (χ4v) is 0.195. The molecule has 0 atom stereocenters. The Morgan fingerprint density at radius 2 is 0.381 bits per heavy atom. The Morgan fingerprint density at radius 1 is 0.238 bits per heavy atom. The monoisotopic (exact) mass is 338 g/mol. The quantitative estimate of drug-likeness (QED) is 0.169. The lowest BCUT2D eigenvalue weighted by Gasteiger charge is -1.98. The van der Waals surface area contributed by atoms with E-state index in [1.165, 1.54) is 0 Å². The zero-order valence-electron chi connectivity index (χ0n) is 8.65. The van der Waals surface area contributed by atoms with Crippen LogP contribution >= 0.6 is 0 Å². The van der Waals surface area contributed by atoms with E-state index in [0.717, 1.165) is 0 Å². The lowest BCUT2D eigenvalue weighted by molar-refractivity contribution is -0.895. The van der Waals surface area contributed by atoms with Crippen LogP contribution in [0.2, 0.25) is 0 Å². The van der Waals surface area contributed by atoms with E-state index in [1.54, 1.807) is 0 Å². The van der Waals surface area contributed by atoms with Gasteiger partial charge in [-0.2, -0.15) is 0 Å². The molecule has 0 aliphatic carbocycles. The molecule has 128 valence electrons. The Kier molecular flexibility index (Phi) is 18.4. The maximum absolute atomic E-state index is 7.49. The van der Waals surface area contributed by atoms with Crippen LogP contribution in [0.1, 0.15) is 0 Å². The smallest absolute Gasteiger partial charge is 0 e. The maximum atomic E-state index is 7.49. The summed E-state index contributed by atoms with van der Waals surface area (Å²) in [4.78, 5) is 0. The van der Waals surface area contributed by atoms with Crippen LogP contribution in [0.3, 0.4) is 0 Å². The molecule has 0 aromatic rings. The lowest BCUT2D eigenvalue weighted by atomic mass is 14.0. The Morgan fingerprint density at radius 3 is 0.524 bits per heavy atom. The molecule has 21 heavy (non-hydrogen) atoms. The molecule has 0 fully saturated rings. The van der Waals surface area contributed by atoms with Crippen LogP contribution in [0.5, 0.6) is 0 Å². The Hall–Kier alpha value is -0.840. The van der Waals surface area contributed by atoms with Crippen LogP contribution in [0, 0.1) is 0 Å². The molecule has 0 aliphatic heterocycles. The minimum Gasteiger partial charge on any atom is -0.219 e. The molecule has 0 radical (unpaired) electrons. The molecular weight excluding hydrogens is 336 g/mol. The fourth-order valence-electron chi connectivity index (χ4n) is 0.195. The van der Waals surface area contributed by atoms with Crippen molar-refractivity contribution in [3.8, 4) is 0 Å². The van der Waals surface area contributed by atoms with E-state index in [0.29, 0.717) is 0 Å². The third-order valence-corrected chi connectivity index (χ3v) is 0.505. The van der Waals surface area contributed by atoms with Gasteiger partial charge in [0, 0.05) is 15.1 Å². The van der Waals surface area contributed by atoms with Crippen molar-refractivity contribution in [1.82, 2.24) is 0 Å². The summed E-state index contributed by atoms with van der Waals surface area (Å²) in [5.41, 5.74) is 0. The van der Waals surface area contributed by atoms with E-state index in [9.17, 15) is 0 Å². The van der Waals surface area contributed by atoms with Crippen LogP contribution in [0.25, 0.3) is 0 Å². The SMILES string of the molecule is OOOOOOOOOOOOOOOOOOOOO. The van der Waals surface area contributed by atoms with E-state index in [2.05, 4.69) is 95.7 Å². The van der Waals surface area contributed by atoms with E-state index in [-0.39, 0.29) is 0 Å². The molecule has 0 aromatic heterocycles. The van der Waals surface area contributed by atoms with Gasteiger partial charge in [-0.25, -0.2) is 10.5 Å². The fraction of sp³-hybridized carbons (Fsp3) is 0. The highest BCUT2D eigenvalue weighted by Gasteiger charge is 1.99. The topological polar surface area (TPSA) is 216 Å². The predicted molar refractivity (Wildman–Crippen MR) is 25.9 cm³/mol. The minimum atomic E-state index is 2.87. The lowest BCUT2D eigenvalue weighted by Crippen LogP contribution is -2.05. The molecular formula is H2O21. The first-order valence-corrected chi connectivity index (χ1v) is 3.37. The second kappa shape index (κ2) is 19.2. The van der Waals surface area contributed by atoms with Crippen molar-refractivity contribution in [2.24, 2.45) is 0 Å². The number of rotatable bonds is 18. The third kappa shape index (κ3) is 19.2. The van der Waals surface area contributed by atoms with Crippen molar-refractivity contribution in [2.45, 2.75) is 0 Å². The highest BCUT2D eigenvalue weighted by atomic mass is 18.0. The Bertz CT molecular complexity index is 143. The first-order valence-electron chi connectivity index (χ1n) is 3.37. The maximum Gasteiger partial charge on any atom is 0 e. The number of hydrogen-bond donors (Lipinski definition) is 2. The van der Waals surface area contributed by atoms with Gasteiger partial charge >= 0.3 is 0 Å². The molecule has 0 saturated heterocycles. The van der Waals surface area contributed by atoms with Gasteiger partial charge in [-0.15, -0.1) is 0 Å². The molecule has 0 aliphatic rings. The second-order valence-corrected chi connectivity index (χ2v) is 1.31. The minimum absolute atomic E-state index is 2.87. The molecule has 0 rings (SSSR count). The molecule has 0 heterocycles. The van der Waals surface area contributed by atoms with Crippen molar-refractivity contribution < 1.29 is 106 Å². The van der Waals surface area contributed by atoms with Gasteiger partial charge in [0.25, 0.3) is 0 Å². The van der Waals surface area contributed by atoms with Crippen molar-refractivity contribution >= 4 is 0 Å². The summed E-state index contributed by atoms with van der Waals surface area (Å²) in [7, 11) is 0. The van der Waals surface area contributed by atoms with Crippen molar-refractivity contribution in [2.75, 3.05) is 0 Å². The molecule has 0 unspecified atom stereocenters. The average molecular weight is 338 g/mol. The van der Waals surface area contributed by atoms with Gasteiger partial charge in [0.2, 0.25) is 0 Å². The molecule has 0 amide bonds. The van der Waals surface area contributed by atoms with Gasteiger partial charge in [0.15, 0.2) is 0 Å². The third-order valence-electron chi connectivity index (χ3n) is 0.505. The summed E-state index contributed by atoms with van der Waals surface area (Å²) in [5.74, 6) is 0. The van der Waals surface area contributed by atoms with Crippen LogP contribution in [0.15, 0.2) is 0 Å². The highest BCUT2D eigenvalue weighted by Crippen LogP contribution is 1.93. The second-order valence-electron chi connectivity index (χ2n) is 1.31. The molecule has 0 spiro atoms. The van der Waals surface area contributed by atoms with Gasteiger partial charge in [0.1, 0.15) is 0 Å². The first kappa shape index (κ1) is 20.2. The summed E-state index contributed by atoms with van der Waals surface area (Å²) >= 11 is 0. The molecule has 21 heteroatoms. The largest absolute Gasteiger partial charge is 0.219 e. The molecule has 2 N–H and O–H groups in total. The standard InChI is InChI=1S/H2O21/c1-3-5-7-9-11-13-15-17-19-21-20-18-16-14-12-10-8-6-4-2/h1-2H. The van der Waals surface area contributed by atoms with Crippen molar-refractivity contribution in [3.05, 3.63) is 0 Å².